The molecule has 0 spiro atoms. The molecule has 2 saturated heterocycles. The summed E-state index contributed by atoms with van der Waals surface area (Å²) in [6.45, 7) is 9.15. The molecule has 2 rings (SSSR count). The predicted octanol–water partition coefficient (Wildman–Crippen LogP) is 2.36. The maximum Gasteiger partial charge on any atom is 0.410 e. The molecule has 0 N–H and O–H groups in total. The molecule has 0 aromatic carbocycles. The minimum absolute atomic E-state index is 0.168. The average molecular weight is 313 g/mol. The summed E-state index contributed by atoms with van der Waals surface area (Å²) < 4.78 is 16.5. The summed E-state index contributed by atoms with van der Waals surface area (Å²) in [4.78, 5) is 26.5. The van der Waals surface area contributed by atoms with Gasteiger partial charge in [-0.15, -0.1) is 0 Å². The molecule has 0 aromatic rings. The number of hydrogen-bond acceptors (Lipinski definition) is 5. The fourth-order valence-corrected chi connectivity index (χ4v) is 3.22. The van der Waals surface area contributed by atoms with E-state index in [9.17, 15) is 9.59 Å². The molecule has 2 aliphatic rings. The van der Waals surface area contributed by atoms with Crippen LogP contribution in [0.4, 0.5) is 4.79 Å². The monoisotopic (exact) mass is 313 g/mol. The summed E-state index contributed by atoms with van der Waals surface area (Å²) in [5, 5.41) is 0. The van der Waals surface area contributed by atoms with Gasteiger partial charge in [0.1, 0.15) is 11.0 Å². The number of likely N-dealkylation sites (tertiary alicyclic amines) is 1. The molecule has 0 aromatic heterocycles. The van der Waals surface area contributed by atoms with Crippen molar-refractivity contribution in [2.75, 3.05) is 26.3 Å². The molecular weight excluding hydrogens is 286 g/mol. The summed E-state index contributed by atoms with van der Waals surface area (Å²) in [6.07, 6.45) is 1.59. The van der Waals surface area contributed by atoms with Crippen molar-refractivity contribution in [3.05, 3.63) is 0 Å². The highest BCUT2D eigenvalue weighted by atomic mass is 16.6. The summed E-state index contributed by atoms with van der Waals surface area (Å²) in [5.41, 5.74) is -1.29. The van der Waals surface area contributed by atoms with Gasteiger partial charge in [0.05, 0.1) is 12.7 Å². The lowest BCUT2D eigenvalue weighted by Crippen LogP contribution is -2.60. The van der Waals surface area contributed by atoms with Crippen molar-refractivity contribution in [3.63, 3.8) is 0 Å². The van der Waals surface area contributed by atoms with Gasteiger partial charge < -0.3 is 19.1 Å². The van der Waals surface area contributed by atoms with Gasteiger partial charge in [-0.1, -0.05) is 0 Å². The Morgan fingerprint density at radius 2 is 2.09 bits per heavy atom. The lowest BCUT2D eigenvalue weighted by molar-refractivity contribution is -0.183. The smallest absolute Gasteiger partial charge is 0.410 e. The number of hydrogen-bond donors (Lipinski definition) is 0. The molecule has 1 amide bonds. The summed E-state index contributed by atoms with van der Waals surface area (Å²) in [6, 6.07) is 0. The van der Waals surface area contributed by atoms with Gasteiger partial charge in [-0.2, -0.15) is 0 Å². The molecular formula is C16H27NO5. The Bertz CT molecular complexity index is 431. The van der Waals surface area contributed by atoms with Gasteiger partial charge in [0, 0.05) is 19.7 Å². The van der Waals surface area contributed by atoms with Crippen LogP contribution in [0.1, 0.15) is 47.0 Å². The van der Waals surface area contributed by atoms with Crippen molar-refractivity contribution in [3.8, 4) is 0 Å². The van der Waals surface area contributed by atoms with Crippen molar-refractivity contribution in [2.45, 2.75) is 58.7 Å². The van der Waals surface area contributed by atoms with E-state index in [0.717, 1.165) is 6.42 Å². The third-order valence-electron chi connectivity index (χ3n) is 4.17. The maximum absolute atomic E-state index is 12.5. The molecule has 0 aliphatic carbocycles. The van der Waals surface area contributed by atoms with E-state index in [-0.39, 0.29) is 18.2 Å². The zero-order valence-corrected chi connectivity index (χ0v) is 14.0. The Hall–Kier alpha value is -1.30. The lowest BCUT2D eigenvalue weighted by Gasteiger charge is -2.48. The molecule has 0 bridgehead atoms. The molecule has 0 saturated carbocycles. The minimum Gasteiger partial charge on any atom is -0.465 e. The first-order chi connectivity index (χ1) is 10.3. The molecule has 2 aliphatic heterocycles. The molecule has 2 heterocycles. The number of nitrogens with zero attached hydrogens (tertiary/aromatic N) is 1. The highest BCUT2D eigenvalue weighted by Gasteiger charge is 2.53. The maximum atomic E-state index is 12.5. The SMILES string of the molecule is CCOC(=O)[C@@]12CCCO[C@@H]1CCN(C(=O)OC(C)(C)C)C2. The van der Waals surface area contributed by atoms with Crippen LogP contribution in [0.2, 0.25) is 0 Å². The Balaban J connectivity index is 2.15. The number of piperidine rings is 1. The first kappa shape index (κ1) is 17.1. The van der Waals surface area contributed by atoms with Gasteiger partial charge in [-0.05, 0) is 47.0 Å². The Labute approximate surface area is 132 Å². The summed E-state index contributed by atoms with van der Waals surface area (Å²) >= 11 is 0. The lowest BCUT2D eigenvalue weighted by atomic mass is 9.72. The van der Waals surface area contributed by atoms with Gasteiger partial charge >= 0.3 is 12.1 Å². The third kappa shape index (κ3) is 3.54. The first-order valence-electron chi connectivity index (χ1n) is 8.05. The number of ether oxygens (including phenoxy) is 3. The Morgan fingerprint density at radius 1 is 1.36 bits per heavy atom. The van der Waals surface area contributed by atoms with Crippen molar-refractivity contribution in [1.82, 2.24) is 4.90 Å². The molecule has 126 valence electrons. The summed E-state index contributed by atoms with van der Waals surface area (Å²) in [7, 11) is 0. The highest BCUT2D eigenvalue weighted by molar-refractivity contribution is 5.80. The topological polar surface area (TPSA) is 65.1 Å². The van der Waals surface area contributed by atoms with Gasteiger partial charge in [0.2, 0.25) is 0 Å². The van der Waals surface area contributed by atoms with Crippen LogP contribution >= 0.6 is 0 Å². The minimum atomic E-state index is -0.747. The Morgan fingerprint density at radius 3 is 2.73 bits per heavy atom. The van der Waals surface area contributed by atoms with E-state index in [2.05, 4.69) is 0 Å². The number of esters is 1. The second-order valence-electron chi connectivity index (χ2n) is 7.03. The molecule has 6 heteroatoms. The van der Waals surface area contributed by atoms with Crippen LogP contribution in [-0.4, -0.2) is 55.0 Å². The van der Waals surface area contributed by atoms with Crippen LogP contribution in [-0.2, 0) is 19.0 Å². The molecule has 0 unspecified atom stereocenters. The van der Waals surface area contributed by atoms with E-state index >= 15 is 0 Å². The van der Waals surface area contributed by atoms with Crippen molar-refractivity contribution >= 4 is 12.1 Å². The van der Waals surface area contributed by atoms with Crippen molar-refractivity contribution in [1.29, 1.82) is 0 Å². The zero-order chi connectivity index (χ0) is 16.4. The third-order valence-corrected chi connectivity index (χ3v) is 4.17. The number of fused-ring (bicyclic) bond motifs is 1. The highest BCUT2D eigenvalue weighted by Crippen LogP contribution is 2.41. The van der Waals surface area contributed by atoms with Gasteiger partial charge in [0.25, 0.3) is 0 Å². The van der Waals surface area contributed by atoms with Crippen molar-refractivity contribution in [2.24, 2.45) is 5.41 Å². The quantitative estimate of drug-likeness (QED) is 0.732. The normalized spacial score (nSPS) is 28.7. The first-order valence-corrected chi connectivity index (χ1v) is 8.05. The van der Waals surface area contributed by atoms with Crippen molar-refractivity contribution < 1.29 is 23.8 Å². The molecule has 6 nitrogen and oxygen atoms in total. The molecule has 0 radical (unpaired) electrons. The number of carbonyl (C=O) groups is 2. The second-order valence-corrected chi connectivity index (χ2v) is 7.03. The van der Waals surface area contributed by atoms with Crippen LogP contribution in [0.15, 0.2) is 0 Å². The van der Waals surface area contributed by atoms with Crippen LogP contribution in [0.25, 0.3) is 0 Å². The number of rotatable bonds is 2. The second kappa shape index (κ2) is 6.44. The van der Waals surface area contributed by atoms with Crippen LogP contribution in [0.3, 0.4) is 0 Å². The molecule has 22 heavy (non-hydrogen) atoms. The van der Waals surface area contributed by atoms with Crippen LogP contribution in [0, 0.1) is 5.41 Å². The van der Waals surface area contributed by atoms with E-state index in [1.807, 2.05) is 20.8 Å². The zero-order valence-electron chi connectivity index (χ0n) is 14.0. The fraction of sp³-hybridized carbons (Fsp3) is 0.875. The Kier molecular flexibility index (Phi) is 5.00. The molecule has 2 atom stereocenters. The predicted molar refractivity (Wildman–Crippen MR) is 80.5 cm³/mol. The van der Waals surface area contributed by atoms with Crippen LogP contribution in [0.5, 0.6) is 0 Å². The van der Waals surface area contributed by atoms with E-state index < -0.39 is 11.0 Å². The van der Waals surface area contributed by atoms with E-state index in [4.69, 9.17) is 14.2 Å². The van der Waals surface area contributed by atoms with E-state index in [0.29, 0.717) is 39.1 Å². The largest absolute Gasteiger partial charge is 0.465 e. The fourth-order valence-electron chi connectivity index (χ4n) is 3.22. The summed E-state index contributed by atoms with van der Waals surface area (Å²) in [5.74, 6) is -0.257. The number of carbonyl (C=O) groups excluding carboxylic acids is 2. The average Bonchev–Trinajstić information content (AvgIpc) is 2.45. The van der Waals surface area contributed by atoms with Crippen LogP contribution < -0.4 is 0 Å². The van der Waals surface area contributed by atoms with Gasteiger partial charge in [0.15, 0.2) is 0 Å². The molecule has 2 fully saturated rings. The van der Waals surface area contributed by atoms with Gasteiger partial charge in [-0.25, -0.2) is 4.79 Å². The van der Waals surface area contributed by atoms with E-state index in [1.165, 1.54) is 0 Å². The standard InChI is InChI=1S/C16H27NO5/c1-5-20-13(18)16-8-6-10-21-12(16)7-9-17(11-16)14(19)22-15(2,3)4/h12H,5-11H2,1-4H3/t12-,16-/m1/s1. The van der Waals surface area contributed by atoms with Gasteiger partial charge in [-0.3, -0.25) is 4.79 Å². The van der Waals surface area contributed by atoms with E-state index in [1.54, 1.807) is 11.8 Å². The number of amides is 1.